The number of nitrogens with zero attached hydrogens (tertiary/aromatic N) is 2. The van der Waals surface area contributed by atoms with Crippen LogP contribution in [0.4, 0.5) is 5.00 Å². The van der Waals surface area contributed by atoms with E-state index in [1.54, 1.807) is 7.05 Å². The molecule has 0 atom stereocenters. The van der Waals surface area contributed by atoms with Crippen LogP contribution in [-0.2, 0) is 22.9 Å². The monoisotopic (exact) mass is 443 g/mol. The highest BCUT2D eigenvalue weighted by atomic mass is 32.2. The maximum absolute atomic E-state index is 13.0. The smallest absolute Gasteiger partial charge is 0.256 e. The first-order chi connectivity index (χ1) is 14.4. The summed E-state index contributed by atoms with van der Waals surface area (Å²) in [6.07, 6.45) is 7.94. The van der Waals surface area contributed by atoms with Crippen LogP contribution in [0.5, 0.6) is 0 Å². The Morgan fingerprint density at radius 1 is 1.13 bits per heavy atom. The van der Waals surface area contributed by atoms with Gasteiger partial charge in [0.1, 0.15) is 11.1 Å². The molecule has 0 unspecified atom stereocenters. The number of nitrogens with one attached hydrogen (secondary N) is 1. The van der Waals surface area contributed by atoms with Crippen molar-refractivity contribution in [1.82, 2.24) is 4.31 Å². The molecule has 4 rings (SSSR count). The third kappa shape index (κ3) is 3.89. The topological polar surface area (TPSA) is 90.3 Å². The molecule has 1 fully saturated rings. The lowest BCUT2D eigenvalue weighted by atomic mass is 9.96. The predicted molar refractivity (Wildman–Crippen MR) is 117 cm³/mol. The summed E-state index contributed by atoms with van der Waals surface area (Å²) < 4.78 is 27.4. The van der Waals surface area contributed by atoms with Crippen LogP contribution < -0.4 is 5.32 Å². The summed E-state index contributed by atoms with van der Waals surface area (Å²) in [5.41, 5.74) is 1.99. The van der Waals surface area contributed by atoms with E-state index in [4.69, 9.17) is 0 Å². The largest absolute Gasteiger partial charge is 0.312 e. The summed E-state index contributed by atoms with van der Waals surface area (Å²) >= 11 is 1.47. The van der Waals surface area contributed by atoms with Crippen LogP contribution in [0.3, 0.4) is 0 Å². The van der Waals surface area contributed by atoms with Gasteiger partial charge in [-0.1, -0.05) is 19.3 Å². The summed E-state index contributed by atoms with van der Waals surface area (Å²) in [5, 5.41) is 12.9. The number of fused-ring (bicyclic) bond motifs is 1. The quantitative estimate of drug-likeness (QED) is 0.745. The molecule has 30 heavy (non-hydrogen) atoms. The number of carbonyl (C=O) groups is 1. The molecule has 0 spiro atoms. The van der Waals surface area contributed by atoms with Crippen LogP contribution in [-0.4, -0.2) is 31.7 Å². The highest BCUT2D eigenvalue weighted by Gasteiger charge is 2.29. The Morgan fingerprint density at radius 2 is 1.83 bits per heavy atom. The number of nitriles is 1. The molecule has 1 heterocycles. The second-order valence-corrected chi connectivity index (χ2v) is 11.1. The number of thiophene rings is 1. The van der Waals surface area contributed by atoms with Crippen molar-refractivity contribution >= 4 is 32.3 Å². The summed E-state index contributed by atoms with van der Waals surface area (Å²) in [4.78, 5) is 14.0. The van der Waals surface area contributed by atoms with Crippen molar-refractivity contribution in [2.45, 2.75) is 62.3 Å². The average Bonchev–Trinajstić information content (AvgIpc) is 3.34. The number of hydrogen-bond acceptors (Lipinski definition) is 5. The molecule has 2 aromatic rings. The molecule has 0 radical (unpaired) electrons. The molecule has 0 bridgehead atoms. The molecule has 1 aromatic carbocycles. The molecule has 1 aromatic heterocycles. The van der Waals surface area contributed by atoms with E-state index in [9.17, 15) is 18.5 Å². The van der Waals surface area contributed by atoms with Crippen molar-refractivity contribution < 1.29 is 13.2 Å². The number of sulfonamides is 1. The summed E-state index contributed by atoms with van der Waals surface area (Å²) in [7, 11) is -1.94. The first kappa shape index (κ1) is 21.0. The molecule has 158 valence electrons. The minimum atomic E-state index is -3.59. The second kappa shape index (κ2) is 8.50. The maximum atomic E-state index is 13.0. The molecular weight excluding hydrogens is 418 g/mol. The van der Waals surface area contributed by atoms with E-state index in [0.717, 1.165) is 56.9 Å². The molecule has 6 nitrogen and oxygen atoms in total. The number of benzene rings is 1. The lowest BCUT2D eigenvalue weighted by Gasteiger charge is -2.30. The second-order valence-electron chi connectivity index (χ2n) is 7.96. The third-order valence-electron chi connectivity index (χ3n) is 6.14. The van der Waals surface area contributed by atoms with Gasteiger partial charge in [0.25, 0.3) is 5.91 Å². The van der Waals surface area contributed by atoms with E-state index in [-0.39, 0.29) is 16.8 Å². The first-order valence-corrected chi connectivity index (χ1v) is 12.6. The first-order valence-electron chi connectivity index (χ1n) is 10.4. The predicted octanol–water partition coefficient (Wildman–Crippen LogP) is 4.31. The Morgan fingerprint density at radius 3 is 2.50 bits per heavy atom. The number of aryl methyl sites for hydroxylation is 1. The third-order valence-corrected chi connectivity index (χ3v) is 9.27. The van der Waals surface area contributed by atoms with Crippen LogP contribution in [0.25, 0.3) is 0 Å². The Kier molecular flexibility index (Phi) is 5.96. The SMILES string of the molecule is CN(C1CCCCC1)S(=O)(=O)c1ccc(C(=O)Nc2sc3c(c2C#N)CCC3)cc1. The van der Waals surface area contributed by atoms with Gasteiger partial charge in [0, 0.05) is 23.5 Å². The minimum absolute atomic E-state index is 0.0388. The van der Waals surface area contributed by atoms with Gasteiger partial charge >= 0.3 is 0 Å². The van der Waals surface area contributed by atoms with E-state index < -0.39 is 10.0 Å². The fourth-order valence-corrected chi connectivity index (χ4v) is 7.02. The van der Waals surface area contributed by atoms with Crippen LogP contribution in [0, 0.1) is 11.3 Å². The van der Waals surface area contributed by atoms with Crippen molar-refractivity contribution in [2.75, 3.05) is 12.4 Å². The zero-order chi connectivity index (χ0) is 21.3. The van der Waals surface area contributed by atoms with Gasteiger partial charge in [0.05, 0.1) is 10.5 Å². The normalized spacial score (nSPS) is 17.0. The van der Waals surface area contributed by atoms with Crippen LogP contribution in [0.15, 0.2) is 29.2 Å². The molecule has 1 N–H and O–H groups in total. The highest BCUT2D eigenvalue weighted by Crippen LogP contribution is 2.38. The average molecular weight is 444 g/mol. The Balaban J connectivity index is 1.49. The standard InChI is InChI=1S/C22H25N3O3S2/c1-25(16-6-3-2-4-7-16)30(27,28)17-12-10-15(11-13-17)21(26)24-22-19(14-23)18-8-5-9-20(18)29-22/h10-13,16H,2-9H2,1H3,(H,24,26). The Bertz CT molecular complexity index is 1090. The van der Waals surface area contributed by atoms with Gasteiger partial charge in [-0.15, -0.1) is 11.3 Å². The maximum Gasteiger partial charge on any atom is 0.256 e. The van der Waals surface area contributed by atoms with E-state index in [1.165, 1.54) is 44.8 Å². The molecule has 2 aliphatic rings. The lowest BCUT2D eigenvalue weighted by molar-refractivity contribution is 0.102. The van der Waals surface area contributed by atoms with Gasteiger partial charge in [-0.25, -0.2) is 8.42 Å². The molecule has 0 saturated heterocycles. The molecule has 0 aliphatic heterocycles. The molecule has 2 aliphatic carbocycles. The molecule has 8 heteroatoms. The van der Waals surface area contributed by atoms with Gasteiger partial charge in [0.15, 0.2) is 0 Å². The van der Waals surface area contributed by atoms with Crippen molar-refractivity contribution in [2.24, 2.45) is 0 Å². The van der Waals surface area contributed by atoms with Crippen molar-refractivity contribution in [3.63, 3.8) is 0 Å². The summed E-state index contributed by atoms with van der Waals surface area (Å²) in [5.74, 6) is -0.337. The summed E-state index contributed by atoms with van der Waals surface area (Å²) in [6.45, 7) is 0. The van der Waals surface area contributed by atoms with Crippen molar-refractivity contribution in [3.8, 4) is 6.07 Å². The number of carbonyl (C=O) groups excluding carboxylic acids is 1. The van der Waals surface area contributed by atoms with E-state index in [0.29, 0.717) is 16.1 Å². The summed E-state index contributed by atoms with van der Waals surface area (Å²) in [6, 6.07) is 8.30. The lowest BCUT2D eigenvalue weighted by Crippen LogP contribution is -2.38. The van der Waals surface area contributed by atoms with Gasteiger partial charge in [-0.05, 0) is 61.9 Å². The zero-order valence-electron chi connectivity index (χ0n) is 17.0. The van der Waals surface area contributed by atoms with Gasteiger partial charge in [-0.3, -0.25) is 4.79 Å². The van der Waals surface area contributed by atoms with Crippen molar-refractivity contribution in [3.05, 3.63) is 45.8 Å². The van der Waals surface area contributed by atoms with Crippen LogP contribution >= 0.6 is 11.3 Å². The van der Waals surface area contributed by atoms with Crippen LogP contribution in [0.2, 0.25) is 0 Å². The molecular formula is C22H25N3O3S2. The van der Waals surface area contributed by atoms with Crippen molar-refractivity contribution in [1.29, 1.82) is 5.26 Å². The fourth-order valence-electron chi connectivity index (χ4n) is 4.37. The fraction of sp³-hybridized carbons (Fsp3) is 0.455. The van der Waals surface area contributed by atoms with Gasteiger partial charge in [-0.2, -0.15) is 9.57 Å². The Labute approximate surface area is 181 Å². The number of amides is 1. The van der Waals surface area contributed by atoms with E-state index >= 15 is 0 Å². The van der Waals surface area contributed by atoms with E-state index in [1.807, 2.05) is 0 Å². The van der Waals surface area contributed by atoms with Gasteiger partial charge in [0.2, 0.25) is 10.0 Å². The zero-order valence-corrected chi connectivity index (χ0v) is 18.6. The number of rotatable bonds is 5. The van der Waals surface area contributed by atoms with E-state index in [2.05, 4.69) is 11.4 Å². The Hall–Kier alpha value is -2.21. The highest BCUT2D eigenvalue weighted by molar-refractivity contribution is 7.89. The van der Waals surface area contributed by atoms with Gasteiger partial charge < -0.3 is 5.32 Å². The van der Waals surface area contributed by atoms with Crippen LogP contribution in [0.1, 0.15) is 64.9 Å². The molecule has 1 amide bonds. The number of hydrogen-bond donors (Lipinski definition) is 1. The minimum Gasteiger partial charge on any atom is -0.312 e. The number of anilines is 1. The molecule has 1 saturated carbocycles.